The highest BCUT2D eigenvalue weighted by Crippen LogP contribution is 2.28. The summed E-state index contributed by atoms with van der Waals surface area (Å²) >= 11 is 17.6. The van der Waals surface area contributed by atoms with Gasteiger partial charge in [-0.1, -0.05) is 35.3 Å². The first-order chi connectivity index (χ1) is 15.9. The lowest BCUT2D eigenvalue weighted by atomic mass is 10.1. The van der Waals surface area contributed by atoms with Gasteiger partial charge >= 0.3 is 0 Å². The molecule has 0 fully saturated rings. The zero-order valence-electron chi connectivity index (χ0n) is 19.0. The van der Waals surface area contributed by atoms with Gasteiger partial charge in [-0.05, 0) is 74.8 Å². The molecule has 1 aromatic heterocycles. The number of hydrogen-bond donors (Lipinski definition) is 2. The van der Waals surface area contributed by atoms with E-state index in [4.69, 9.17) is 44.9 Å². The van der Waals surface area contributed by atoms with Gasteiger partial charge in [0.15, 0.2) is 22.4 Å². The summed E-state index contributed by atoms with van der Waals surface area (Å²) in [6, 6.07) is 13.5. The number of aryl methyl sites for hydroxylation is 1. The van der Waals surface area contributed by atoms with Crippen LogP contribution in [0, 0.1) is 6.92 Å². The lowest BCUT2D eigenvalue weighted by Gasteiger charge is -2.13. The van der Waals surface area contributed by atoms with Crippen LogP contribution < -0.4 is 20.1 Å². The molecule has 0 aliphatic carbocycles. The van der Waals surface area contributed by atoms with E-state index in [2.05, 4.69) is 15.7 Å². The number of rotatable bonds is 10. The van der Waals surface area contributed by atoms with Crippen molar-refractivity contribution in [1.82, 2.24) is 15.1 Å². The Hall–Kier alpha value is -2.48. The second-order valence-corrected chi connectivity index (χ2v) is 8.58. The average Bonchev–Trinajstić information content (AvgIpc) is 3.11. The number of hydrogen-bond acceptors (Lipinski definition) is 4. The fourth-order valence-corrected chi connectivity index (χ4v) is 3.80. The van der Waals surface area contributed by atoms with Crippen molar-refractivity contribution in [3.63, 3.8) is 0 Å². The smallest absolute Gasteiger partial charge is 0.172 e. The van der Waals surface area contributed by atoms with Crippen molar-refractivity contribution < 1.29 is 9.47 Å². The fourth-order valence-electron chi connectivity index (χ4n) is 3.27. The van der Waals surface area contributed by atoms with Gasteiger partial charge in [0.1, 0.15) is 0 Å². The van der Waals surface area contributed by atoms with Crippen molar-refractivity contribution in [3.8, 4) is 11.5 Å². The van der Waals surface area contributed by atoms with Gasteiger partial charge in [-0.3, -0.25) is 4.68 Å². The number of ether oxygens (including phenoxy) is 2. The van der Waals surface area contributed by atoms with Gasteiger partial charge in [0.2, 0.25) is 0 Å². The zero-order chi connectivity index (χ0) is 23.8. The molecule has 0 saturated heterocycles. The summed E-state index contributed by atoms with van der Waals surface area (Å²) in [5.41, 5.74) is 3.16. The number of thiocarbonyl (C=S) groups is 1. The van der Waals surface area contributed by atoms with Gasteiger partial charge in [-0.2, -0.15) is 5.10 Å². The van der Waals surface area contributed by atoms with Crippen molar-refractivity contribution in [2.75, 3.05) is 25.1 Å². The van der Waals surface area contributed by atoms with Crippen LogP contribution >= 0.6 is 35.4 Å². The quantitative estimate of drug-likeness (QED) is 0.335. The Morgan fingerprint density at radius 3 is 2.42 bits per heavy atom. The minimum absolute atomic E-state index is 0.519. The minimum Gasteiger partial charge on any atom is -0.490 e. The molecule has 9 heteroatoms. The zero-order valence-corrected chi connectivity index (χ0v) is 21.3. The molecular formula is C24H28Cl2N4O2S. The highest BCUT2D eigenvalue weighted by Gasteiger charge is 2.09. The number of nitrogens with zero attached hydrogens (tertiary/aromatic N) is 2. The predicted octanol–water partition coefficient (Wildman–Crippen LogP) is 5.87. The summed E-state index contributed by atoms with van der Waals surface area (Å²) in [5, 5.41) is 12.6. The third kappa shape index (κ3) is 7.25. The Morgan fingerprint density at radius 1 is 0.970 bits per heavy atom. The summed E-state index contributed by atoms with van der Waals surface area (Å²) in [5.74, 6) is 2.21. The van der Waals surface area contributed by atoms with Gasteiger partial charge in [0.05, 0.1) is 29.8 Å². The molecule has 3 rings (SSSR count). The van der Waals surface area contributed by atoms with Crippen LogP contribution in [-0.2, 0) is 13.0 Å². The van der Waals surface area contributed by atoms with Gasteiger partial charge in [0.25, 0.3) is 0 Å². The number of anilines is 1. The van der Waals surface area contributed by atoms with E-state index in [0.29, 0.717) is 47.3 Å². The van der Waals surface area contributed by atoms with E-state index in [1.165, 1.54) is 0 Å². The molecule has 0 atom stereocenters. The molecule has 6 nitrogen and oxygen atoms in total. The molecule has 0 saturated carbocycles. The minimum atomic E-state index is 0.519. The highest BCUT2D eigenvalue weighted by atomic mass is 35.5. The van der Waals surface area contributed by atoms with Crippen molar-refractivity contribution in [1.29, 1.82) is 0 Å². The van der Waals surface area contributed by atoms with Crippen molar-refractivity contribution in [2.45, 2.75) is 33.7 Å². The lowest BCUT2D eigenvalue weighted by Crippen LogP contribution is -2.30. The summed E-state index contributed by atoms with van der Waals surface area (Å²) in [7, 11) is 0. The maximum Gasteiger partial charge on any atom is 0.172 e. The topological polar surface area (TPSA) is 60.3 Å². The predicted molar refractivity (Wildman–Crippen MR) is 139 cm³/mol. The van der Waals surface area contributed by atoms with Gasteiger partial charge < -0.3 is 20.1 Å². The van der Waals surface area contributed by atoms with E-state index in [9.17, 15) is 0 Å². The van der Waals surface area contributed by atoms with Crippen molar-refractivity contribution in [3.05, 3.63) is 69.3 Å². The highest BCUT2D eigenvalue weighted by molar-refractivity contribution is 7.80. The van der Waals surface area contributed by atoms with Crippen LogP contribution in [0.15, 0.2) is 42.5 Å². The largest absolute Gasteiger partial charge is 0.490 e. The number of aromatic nitrogens is 2. The summed E-state index contributed by atoms with van der Waals surface area (Å²) < 4.78 is 13.2. The Morgan fingerprint density at radius 2 is 1.70 bits per heavy atom. The first-order valence-corrected chi connectivity index (χ1v) is 12.0. The van der Waals surface area contributed by atoms with Gasteiger partial charge in [-0.25, -0.2) is 0 Å². The van der Waals surface area contributed by atoms with Crippen LogP contribution in [0.2, 0.25) is 10.0 Å². The Labute approximate surface area is 210 Å². The number of halogens is 2. The Kier molecular flexibility index (Phi) is 9.23. The Balaban J connectivity index is 1.52. The average molecular weight is 507 g/mol. The molecular weight excluding hydrogens is 479 g/mol. The first kappa shape index (κ1) is 25.1. The monoisotopic (exact) mass is 506 g/mol. The molecule has 0 spiro atoms. The van der Waals surface area contributed by atoms with Crippen LogP contribution in [-0.4, -0.2) is 34.7 Å². The SMILES string of the molecule is CCOc1ccc(CCNC(=S)Nc2cc(C)n(Cc3ccc(Cl)c(Cl)c3)n2)cc1OCC. The molecule has 0 radical (unpaired) electrons. The summed E-state index contributed by atoms with van der Waals surface area (Å²) in [6.45, 7) is 8.37. The van der Waals surface area contributed by atoms with Crippen LogP contribution in [0.3, 0.4) is 0 Å². The fraction of sp³-hybridized carbons (Fsp3) is 0.333. The molecule has 2 N–H and O–H groups in total. The normalized spacial score (nSPS) is 10.7. The van der Waals surface area contributed by atoms with Crippen LogP contribution in [0.1, 0.15) is 30.7 Å². The molecule has 0 aliphatic heterocycles. The summed E-state index contributed by atoms with van der Waals surface area (Å²) in [4.78, 5) is 0. The Bertz CT molecular complexity index is 1100. The van der Waals surface area contributed by atoms with E-state index >= 15 is 0 Å². The molecule has 33 heavy (non-hydrogen) atoms. The molecule has 176 valence electrons. The van der Waals surface area contributed by atoms with Crippen LogP contribution in [0.4, 0.5) is 5.82 Å². The standard InChI is InChI=1S/C24H28Cl2N4O2S/c1-4-31-21-9-7-17(14-22(21)32-5-2)10-11-27-24(33)28-23-12-16(3)30(29-23)15-18-6-8-19(25)20(26)13-18/h6-9,12-14H,4-5,10-11,15H2,1-3H3,(H2,27,28,29,33). The van der Waals surface area contributed by atoms with E-state index in [1.54, 1.807) is 6.07 Å². The van der Waals surface area contributed by atoms with Crippen molar-refractivity contribution >= 4 is 46.4 Å². The molecule has 0 aliphatic rings. The second-order valence-electron chi connectivity index (χ2n) is 7.36. The molecule has 3 aromatic rings. The molecule has 0 bridgehead atoms. The second kappa shape index (κ2) is 12.1. The maximum absolute atomic E-state index is 6.12. The van der Waals surface area contributed by atoms with Crippen LogP contribution in [0.25, 0.3) is 0 Å². The number of benzene rings is 2. The lowest BCUT2D eigenvalue weighted by molar-refractivity contribution is 0.287. The van der Waals surface area contributed by atoms with E-state index in [0.717, 1.165) is 34.7 Å². The third-order valence-electron chi connectivity index (χ3n) is 4.85. The molecule has 0 unspecified atom stereocenters. The van der Waals surface area contributed by atoms with Gasteiger partial charge in [0, 0.05) is 18.3 Å². The van der Waals surface area contributed by atoms with Crippen LogP contribution in [0.5, 0.6) is 11.5 Å². The molecule has 2 aromatic carbocycles. The summed E-state index contributed by atoms with van der Waals surface area (Å²) in [6.07, 6.45) is 0.791. The van der Waals surface area contributed by atoms with Gasteiger partial charge in [-0.15, -0.1) is 0 Å². The van der Waals surface area contributed by atoms with Crippen molar-refractivity contribution in [2.24, 2.45) is 0 Å². The maximum atomic E-state index is 6.12. The third-order valence-corrected chi connectivity index (χ3v) is 5.83. The van der Waals surface area contributed by atoms with E-state index in [-0.39, 0.29) is 0 Å². The number of nitrogens with one attached hydrogen (secondary N) is 2. The molecule has 0 amide bonds. The van der Waals surface area contributed by atoms with E-state index in [1.807, 2.05) is 61.9 Å². The molecule has 1 heterocycles. The van der Waals surface area contributed by atoms with E-state index < -0.39 is 0 Å². The first-order valence-electron chi connectivity index (χ1n) is 10.8.